The summed E-state index contributed by atoms with van der Waals surface area (Å²) in [5, 5.41) is 3.62. The van der Waals surface area contributed by atoms with E-state index in [4.69, 9.17) is 0 Å². The highest BCUT2D eigenvalue weighted by Gasteiger charge is 2.29. The summed E-state index contributed by atoms with van der Waals surface area (Å²) in [7, 11) is 0. The van der Waals surface area contributed by atoms with Crippen molar-refractivity contribution in [1.82, 2.24) is 0 Å². The van der Waals surface area contributed by atoms with E-state index in [0.717, 1.165) is 0 Å². The molecule has 0 fully saturated rings. The molecule has 2 rings (SSSR count). The molecule has 0 bridgehead atoms. The van der Waals surface area contributed by atoms with Gasteiger partial charge in [-0.3, -0.25) is 0 Å². The van der Waals surface area contributed by atoms with Crippen molar-refractivity contribution in [3.63, 3.8) is 0 Å². The number of fused-ring (bicyclic) bond motifs is 1. The zero-order valence-corrected chi connectivity index (χ0v) is 10.7. The molecule has 0 spiro atoms. The van der Waals surface area contributed by atoms with Gasteiger partial charge in [-0.1, -0.05) is 6.92 Å². The number of rotatable bonds is 0. The van der Waals surface area contributed by atoms with Gasteiger partial charge in [-0.2, -0.15) is 0 Å². The normalized spacial score (nSPS) is 23.9. The van der Waals surface area contributed by atoms with Gasteiger partial charge in [-0.05, 0) is 62.4 Å². The molecule has 1 heteroatoms. The molecule has 0 amide bonds. The lowest BCUT2D eigenvalue weighted by molar-refractivity contribution is 0.686. The lowest BCUT2D eigenvalue weighted by Gasteiger charge is -2.16. The van der Waals surface area contributed by atoms with Crippen LogP contribution >= 0.6 is 0 Å². The second-order valence-corrected chi connectivity index (χ2v) is 5.01. The van der Waals surface area contributed by atoms with Crippen molar-refractivity contribution in [2.75, 3.05) is 5.32 Å². The van der Waals surface area contributed by atoms with Gasteiger partial charge in [-0.15, -0.1) is 0 Å². The van der Waals surface area contributed by atoms with Crippen LogP contribution < -0.4 is 5.32 Å². The first-order valence-corrected chi connectivity index (χ1v) is 5.82. The molecule has 1 aromatic carbocycles. The fourth-order valence-corrected chi connectivity index (χ4v) is 2.70. The van der Waals surface area contributed by atoms with Crippen molar-refractivity contribution in [3.05, 3.63) is 27.8 Å². The first kappa shape index (κ1) is 10.5. The molecule has 1 N–H and O–H groups in total. The first-order valence-electron chi connectivity index (χ1n) is 5.82. The van der Waals surface area contributed by atoms with E-state index in [-0.39, 0.29) is 0 Å². The topological polar surface area (TPSA) is 12.0 Å². The van der Waals surface area contributed by atoms with Crippen LogP contribution in [0.15, 0.2) is 0 Å². The molecular weight excluding hydrogens is 182 g/mol. The second kappa shape index (κ2) is 3.26. The Morgan fingerprint density at radius 2 is 1.33 bits per heavy atom. The molecule has 1 aromatic rings. The van der Waals surface area contributed by atoms with Crippen molar-refractivity contribution in [1.29, 1.82) is 0 Å². The Kier molecular flexibility index (Phi) is 2.29. The SMILES string of the molecule is Cc1c(C)c(C)c2c(c1C)NC(C)C2C. The third-order valence-electron chi connectivity index (χ3n) is 4.31. The molecular formula is C14H21N. The Morgan fingerprint density at radius 1 is 0.800 bits per heavy atom. The first-order chi connectivity index (χ1) is 6.95. The van der Waals surface area contributed by atoms with Gasteiger partial charge in [0.2, 0.25) is 0 Å². The largest absolute Gasteiger partial charge is 0.382 e. The molecule has 82 valence electrons. The van der Waals surface area contributed by atoms with Crippen LogP contribution in [0.2, 0.25) is 0 Å². The van der Waals surface area contributed by atoms with Crippen molar-refractivity contribution in [3.8, 4) is 0 Å². The summed E-state index contributed by atoms with van der Waals surface area (Å²) < 4.78 is 0. The molecule has 0 aliphatic carbocycles. The van der Waals surface area contributed by atoms with Gasteiger partial charge in [0.05, 0.1) is 0 Å². The minimum atomic E-state index is 0.568. The Labute approximate surface area is 92.9 Å². The summed E-state index contributed by atoms with van der Waals surface area (Å²) in [5.74, 6) is 0.637. The highest BCUT2D eigenvalue weighted by Crippen LogP contribution is 2.42. The standard InChI is InChI=1S/C14H21N/c1-7-8(2)10(4)14-13(9(7)3)11(5)12(6)15-14/h11-12,15H,1-6H3. The van der Waals surface area contributed by atoms with Gasteiger partial charge in [-0.25, -0.2) is 0 Å². The zero-order valence-electron chi connectivity index (χ0n) is 10.7. The quantitative estimate of drug-likeness (QED) is 0.675. The van der Waals surface area contributed by atoms with Crippen LogP contribution in [0.3, 0.4) is 0 Å². The number of nitrogens with one attached hydrogen (secondary N) is 1. The van der Waals surface area contributed by atoms with E-state index < -0.39 is 0 Å². The fourth-order valence-electron chi connectivity index (χ4n) is 2.70. The number of anilines is 1. The van der Waals surface area contributed by atoms with Crippen LogP contribution in [0.25, 0.3) is 0 Å². The van der Waals surface area contributed by atoms with E-state index in [1.54, 1.807) is 5.56 Å². The van der Waals surface area contributed by atoms with Crippen molar-refractivity contribution >= 4 is 5.69 Å². The van der Waals surface area contributed by atoms with Gasteiger partial charge in [0.15, 0.2) is 0 Å². The molecule has 15 heavy (non-hydrogen) atoms. The molecule has 1 aliphatic rings. The molecule has 2 unspecified atom stereocenters. The van der Waals surface area contributed by atoms with Crippen LogP contribution in [-0.2, 0) is 0 Å². The minimum Gasteiger partial charge on any atom is -0.382 e. The van der Waals surface area contributed by atoms with Gasteiger partial charge < -0.3 is 5.32 Å². The Balaban J connectivity index is 2.75. The van der Waals surface area contributed by atoms with Gasteiger partial charge in [0.1, 0.15) is 0 Å². The van der Waals surface area contributed by atoms with Crippen molar-refractivity contribution in [2.24, 2.45) is 0 Å². The molecule has 1 nitrogen and oxygen atoms in total. The van der Waals surface area contributed by atoms with E-state index in [0.29, 0.717) is 12.0 Å². The molecule has 0 saturated carbocycles. The van der Waals surface area contributed by atoms with Crippen LogP contribution in [0.4, 0.5) is 5.69 Å². The summed E-state index contributed by atoms with van der Waals surface area (Å²) in [5.41, 5.74) is 8.77. The number of hydrogen-bond acceptors (Lipinski definition) is 1. The maximum Gasteiger partial charge on any atom is 0.0413 e. The lowest BCUT2D eigenvalue weighted by Crippen LogP contribution is -2.13. The van der Waals surface area contributed by atoms with Gasteiger partial charge >= 0.3 is 0 Å². The average Bonchev–Trinajstić information content (AvgIpc) is 2.50. The highest BCUT2D eigenvalue weighted by atomic mass is 15.0. The van der Waals surface area contributed by atoms with Crippen LogP contribution in [0.1, 0.15) is 47.6 Å². The fraction of sp³-hybridized carbons (Fsp3) is 0.571. The summed E-state index contributed by atoms with van der Waals surface area (Å²) in [6.07, 6.45) is 0. The molecule has 0 radical (unpaired) electrons. The van der Waals surface area contributed by atoms with Crippen LogP contribution in [-0.4, -0.2) is 6.04 Å². The maximum absolute atomic E-state index is 3.62. The Hall–Kier alpha value is -0.980. The minimum absolute atomic E-state index is 0.568. The second-order valence-electron chi connectivity index (χ2n) is 5.01. The van der Waals surface area contributed by atoms with Gasteiger partial charge in [0.25, 0.3) is 0 Å². The maximum atomic E-state index is 3.62. The third-order valence-corrected chi connectivity index (χ3v) is 4.31. The molecule has 2 atom stereocenters. The zero-order chi connectivity index (χ0) is 11.3. The van der Waals surface area contributed by atoms with Gasteiger partial charge in [0, 0.05) is 17.6 Å². The van der Waals surface area contributed by atoms with E-state index in [2.05, 4.69) is 46.9 Å². The summed E-state index contributed by atoms with van der Waals surface area (Å²) in [4.78, 5) is 0. The molecule has 1 heterocycles. The summed E-state index contributed by atoms with van der Waals surface area (Å²) in [6, 6.07) is 0.568. The van der Waals surface area contributed by atoms with Crippen molar-refractivity contribution in [2.45, 2.75) is 53.5 Å². The lowest BCUT2D eigenvalue weighted by atomic mass is 9.87. The predicted octanol–water partition coefficient (Wildman–Crippen LogP) is 3.84. The summed E-state index contributed by atoms with van der Waals surface area (Å²) >= 11 is 0. The monoisotopic (exact) mass is 203 g/mol. The van der Waals surface area contributed by atoms with E-state index >= 15 is 0 Å². The van der Waals surface area contributed by atoms with Crippen molar-refractivity contribution < 1.29 is 0 Å². The summed E-state index contributed by atoms with van der Waals surface area (Å²) in [6.45, 7) is 13.6. The smallest absolute Gasteiger partial charge is 0.0413 e. The van der Waals surface area contributed by atoms with E-state index in [1.807, 2.05) is 0 Å². The Morgan fingerprint density at radius 3 is 1.93 bits per heavy atom. The van der Waals surface area contributed by atoms with Crippen LogP contribution in [0, 0.1) is 27.7 Å². The third kappa shape index (κ3) is 1.29. The van der Waals surface area contributed by atoms with Crippen LogP contribution in [0.5, 0.6) is 0 Å². The molecule has 1 aliphatic heterocycles. The predicted molar refractivity (Wildman–Crippen MR) is 66.9 cm³/mol. The van der Waals surface area contributed by atoms with E-state index in [1.165, 1.54) is 27.9 Å². The van der Waals surface area contributed by atoms with E-state index in [9.17, 15) is 0 Å². The average molecular weight is 203 g/mol. The Bertz CT molecular complexity index is 418. The number of hydrogen-bond donors (Lipinski definition) is 1. The molecule has 0 aromatic heterocycles. The highest BCUT2D eigenvalue weighted by molar-refractivity contribution is 5.70. The molecule has 0 saturated heterocycles. The number of benzene rings is 1.